The lowest BCUT2D eigenvalue weighted by molar-refractivity contribution is 0.0277. The number of nitrogens with two attached hydrogens (primary N) is 1. The topological polar surface area (TPSA) is 29.3 Å². The predicted molar refractivity (Wildman–Crippen MR) is 62.4 cm³/mol. The molecule has 1 aliphatic carbocycles. The third kappa shape index (κ3) is 1.96. The van der Waals surface area contributed by atoms with Crippen LogP contribution in [0.15, 0.2) is 0 Å². The zero-order chi connectivity index (χ0) is 10.8. The number of likely N-dealkylation sites (N-methyl/N-ethyl adjacent to an activating group) is 1. The molecule has 0 aliphatic heterocycles. The van der Waals surface area contributed by atoms with Crippen molar-refractivity contribution in [2.75, 3.05) is 13.6 Å². The van der Waals surface area contributed by atoms with Crippen molar-refractivity contribution in [3.63, 3.8) is 0 Å². The van der Waals surface area contributed by atoms with Crippen molar-refractivity contribution in [3.05, 3.63) is 0 Å². The van der Waals surface area contributed by atoms with E-state index < -0.39 is 0 Å². The monoisotopic (exact) mass is 198 g/mol. The van der Waals surface area contributed by atoms with Gasteiger partial charge in [0.05, 0.1) is 0 Å². The van der Waals surface area contributed by atoms with Crippen molar-refractivity contribution < 1.29 is 0 Å². The summed E-state index contributed by atoms with van der Waals surface area (Å²) < 4.78 is 0. The van der Waals surface area contributed by atoms with Crippen molar-refractivity contribution in [2.45, 2.75) is 64.0 Å². The van der Waals surface area contributed by atoms with E-state index in [4.69, 9.17) is 5.73 Å². The molecule has 0 radical (unpaired) electrons. The van der Waals surface area contributed by atoms with Gasteiger partial charge in [-0.25, -0.2) is 0 Å². The highest BCUT2D eigenvalue weighted by atomic mass is 15.2. The fourth-order valence-corrected chi connectivity index (χ4v) is 2.59. The van der Waals surface area contributed by atoms with Crippen molar-refractivity contribution in [1.82, 2.24) is 4.90 Å². The molecule has 2 heteroatoms. The van der Waals surface area contributed by atoms with Gasteiger partial charge in [0.1, 0.15) is 0 Å². The molecule has 2 nitrogen and oxygen atoms in total. The van der Waals surface area contributed by atoms with Gasteiger partial charge in [-0.15, -0.1) is 0 Å². The fraction of sp³-hybridized carbons (Fsp3) is 1.00. The Hall–Kier alpha value is -0.0800. The summed E-state index contributed by atoms with van der Waals surface area (Å²) in [4.78, 5) is 2.53. The van der Waals surface area contributed by atoms with Gasteiger partial charge in [0, 0.05) is 17.6 Å². The van der Waals surface area contributed by atoms with Crippen LogP contribution >= 0.6 is 0 Å². The molecule has 1 aliphatic rings. The van der Waals surface area contributed by atoms with Crippen LogP contribution in [0.1, 0.15) is 52.9 Å². The average Bonchev–Trinajstić information content (AvgIpc) is 2.66. The largest absolute Gasteiger partial charge is 0.329 e. The quantitative estimate of drug-likeness (QED) is 0.751. The zero-order valence-electron chi connectivity index (χ0n) is 10.3. The van der Waals surface area contributed by atoms with Crippen molar-refractivity contribution in [1.29, 1.82) is 0 Å². The van der Waals surface area contributed by atoms with Crippen molar-refractivity contribution in [2.24, 2.45) is 5.73 Å². The maximum Gasteiger partial charge on any atom is 0.0334 e. The molecule has 1 saturated carbocycles. The molecule has 0 bridgehead atoms. The molecule has 0 unspecified atom stereocenters. The van der Waals surface area contributed by atoms with E-state index in [1.807, 2.05) is 0 Å². The Morgan fingerprint density at radius 2 is 1.79 bits per heavy atom. The second-order valence-corrected chi connectivity index (χ2v) is 5.36. The molecule has 0 heterocycles. The first-order valence-electron chi connectivity index (χ1n) is 5.92. The maximum atomic E-state index is 5.98. The smallest absolute Gasteiger partial charge is 0.0334 e. The average molecular weight is 198 g/mol. The van der Waals surface area contributed by atoms with Crippen LogP contribution in [0.3, 0.4) is 0 Å². The van der Waals surface area contributed by atoms with Crippen LogP contribution in [0, 0.1) is 0 Å². The van der Waals surface area contributed by atoms with Gasteiger partial charge in [-0.2, -0.15) is 0 Å². The van der Waals surface area contributed by atoms with Gasteiger partial charge in [0.15, 0.2) is 0 Å². The summed E-state index contributed by atoms with van der Waals surface area (Å²) in [7, 11) is 2.25. The van der Waals surface area contributed by atoms with E-state index in [0.29, 0.717) is 5.54 Å². The highest BCUT2D eigenvalue weighted by Gasteiger charge is 2.41. The summed E-state index contributed by atoms with van der Waals surface area (Å²) in [5.74, 6) is 0. The second kappa shape index (κ2) is 4.19. The molecule has 1 rings (SSSR count). The summed E-state index contributed by atoms with van der Waals surface area (Å²) in [6.45, 7) is 7.72. The minimum atomic E-state index is 0.281. The zero-order valence-corrected chi connectivity index (χ0v) is 10.3. The van der Waals surface area contributed by atoms with E-state index in [9.17, 15) is 0 Å². The van der Waals surface area contributed by atoms with E-state index in [2.05, 4.69) is 32.7 Å². The van der Waals surface area contributed by atoms with Gasteiger partial charge in [-0.3, -0.25) is 4.90 Å². The Labute approximate surface area is 88.8 Å². The van der Waals surface area contributed by atoms with E-state index >= 15 is 0 Å². The Balaban J connectivity index is 2.79. The lowest BCUT2D eigenvalue weighted by atomic mass is 9.88. The molecule has 0 aromatic rings. The second-order valence-electron chi connectivity index (χ2n) is 5.36. The van der Waals surface area contributed by atoms with Gasteiger partial charge in [0.2, 0.25) is 0 Å². The highest BCUT2D eigenvalue weighted by Crippen LogP contribution is 2.38. The molecule has 2 N–H and O–H groups in total. The third-order valence-electron chi connectivity index (χ3n) is 4.40. The molecule has 14 heavy (non-hydrogen) atoms. The van der Waals surface area contributed by atoms with Gasteiger partial charge >= 0.3 is 0 Å². The van der Waals surface area contributed by atoms with Crippen LogP contribution in [0.4, 0.5) is 0 Å². The summed E-state index contributed by atoms with van der Waals surface area (Å²) in [5.41, 5.74) is 6.55. The Kier molecular flexibility index (Phi) is 3.59. The molecule has 0 aromatic heterocycles. The number of hydrogen-bond donors (Lipinski definition) is 1. The molecular formula is C12H26N2. The van der Waals surface area contributed by atoms with E-state index in [0.717, 1.165) is 6.54 Å². The summed E-state index contributed by atoms with van der Waals surface area (Å²) in [5, 5.41) is 0. The normalized spacial score (nSPS) is 21.9. The van der Waals surface area contributed by atoms with Crippen LogP contribution in [0.25, 0.3) is 0 Å². The number of nitrogens with zero attached hydrogens (tertiary/aromatic N) is 1. The molecule has 0 spiro atoms. The Morgan fingerprint density at radius 3 is 2.14 bits per heavy atom. The molecular weight excluding hydrogens is 172 g/mol. The summed E-state index contributed by atoms with van der Waals surface area (Å²) in [6.07, 6.45) is 6.45. The first kappa shape index (κ1) is 12.0. The minimum absolute atomic E-state index is 0.281. The van der Waals surface area contributed by atoms with Gasteiger partial charge in [-0.1, -0.05) is 19.8 Å². The first-order chi connectivity index (χ1) is 6.48. The Morgan fingerprint density at radius 1 is 1.29 bits per heavy atom. The molecule has 1 fully saturated rings. The third-order valence-corrected chi connectivity index (χ3v) is 4.40. The molecule has 0 aromatic carbocycles. The molecule has 0 saturated heterocycles. The van der Waals surface area contributed by atoms with E-state index in [-0.39, 0.29) is 5.54 Å². The lowest BCUT2D eigenvalue weighted by Crippen LogP contribution is -2.58. The fourth-order valence-electron chi connectivity index (χ4n) is 2.59. The minimum Gasteiger partial charge on any atom is -0.329 e. The number of hydrogen-bond acceptors (Lipinski definition) is 2. The van der Waals surface area contributed by atoms with Crippen LogP contribution < -0.4 is 5.73 Å². The molecule has 84 valence electrons. The molecule has 0 amide bonds. The number of rotatable bonds is 4. The van der Waals surface area contributed by atoms with Gasteiger partial charge < -0.3 is 5.73 Å². The SMILES string of the molecule is CCC(C)(C)N(C)C1(CN)CCCC1. The van der Waals surface area contributed by atoms with E-state index in [1.165, 1.54) is 32.1 Å². The van der Waals surface area contributed by atoms with Crippen LogP contribution in [0.2, 0.25) is 0 Å². The van der Waals surface area contributed by atoms with Crippen LogP contribution in [-0.4, -0.2) is 29.6 Å². The van der Waals surface area contributed by atoms with Crippen molar-refractivity contribution >= 4 is 0 Å². The standard InChI is InChI=1S/C12H26N2/c1-5-11(2,3)14(4)12(10-13)8-6-7-9-12/h5-10,13H2,1-4H3. The summed E-state index contributed by atoms with van der Waals surface area (Å²) >= 11 is 0. The maximum absolute atomic E-state index is 5.98. The van der Waals surface area contributed by atoms with Gasteiger partial charge in [0.25, 0.3) is 0 Å². The van der Waals surface area contributed by atoms with Crippen LogP contribution in [0.5, 0.6) is 0 Å². The Bertz CT molecular complexity index is 181. The predicted octanol–water partition coefficient (Wildman–Crippen LogP) is 2.38. The van der Waals surface area contributed by atoms with E-state index in [1.54, 1.807) is 0 Å². The summed E-state index contributed by atoms with van der Waals surface area (Å²) in [6, 6.07) is 0. The lowest BCUT2D eigenvalue weighted by Gasteiger charge is -2.47. The first-order valence-corrected chi connectivity index (χ1v) is 5.92. The van der Waals surface area contributed by atoms with Gasteiger partial charge in [-0.05, 0) is 40.2 Å². The van der Waals surface area contributed by atoms with Crippen LogP contribution in [-0.2, 0) is 0 Å². The molecule has 0 atom stereocenters. The highest BCUT2D eigenvalue weighted by molar-refractivity contribution is 4.99. The van der Waals surface area contributed by atoms with Crippen molar-refractivity contribution in [3.8, 4) is 0 Å².